The molecule has 102 valence electrons. The molecule has 0 saturated heterocycles. The van der Waals surface area contributed by atoms with E-state index in [2.05, 4.69) is 12.1 Å². The molecule has 1 aliphatic carbocycles. The Hall–Kier alpha value is -1.96. The van der Waals surface area contributed by atoms with E-state index in [1.165, 1.54) is 43.9 Å². The van der Waals surface area contributed by atoms with E-state index >= 15 is 0 Å². The molecule has 0 atom stereocenters. The molecule has 3 rings (SSSR count). The van der Waals surface area contributed by atoms with E-state index in [0.29, 0.717) is 17.0 Å². The normalized spacial score (nSPS) is 14.9. The lowest BCUT2D eigenvalue weighted by Gasteiger charge is -2.25. The van der Waals surface area contributed by atoms with Crippen LogP contribution in [0.15, 0.2) is 42.5 Å². The van der Waals surface area contributed by atoms with Gasteiger partial charge in [-0.3, -0.25) is 4.79 Å². The van der Waals surface area contributed by atoms with Gasteiger partial charge in [-0.15, -0.1) is 0 Å². The Morgan fingerprint density at radius 1 is 1.10 bits per heavy atom. The fourth-order valence-electron chi connectivity index (χ4n) is 2.64. The highest BCUT2D eigenvalue weighted by Gasteiger charge is 2.19. The van der Waals surface area contributed by atoms with Crippen LogP contribution in [0.2, 0.25) is 0 Å². The van der Waals surface area contributed by atoms with Crippen molar-refractivity contribution in [2.75, 3.05) is 0 Å². The topological polar surface area (TPSA) is 17.1 Å². The summed E-state index contributed by atoms with van der Waals surface area (Å²) in [6, 6.07) is 12.6. The minimum absolute atomic E-state index is 0.0441. The van der Waals surface area contributed by atoms with Gasteiger partial charge in [0.1, 0.15) is 5.82 Å². The number of ketones is 1. The van der Waals surface area contributed by atoms with E-state index in [1.54, 1.807) is 6.07 Å². The Labute approximate surface area is 118 Å². The van der Waals surface area contributed by atoms with Gasteiger partial charge in [0.2, 0.25) is 0 Å². The SMILES string of the molecule is CC(=O)c1ccc(F)c(-c2ccc(C3CCC3)cc2)c1. The van der Waals surface area contributed by atoms with E-state index in [1.807, 2.05) is 12.1 Å². The quantitative estimate of drug-likeness (QED) is 0.719. The van der Waals surface area contributed by atoms with Crippen molar-refractivity contribution in [3.63, 3.8) is 0 Å². The second-order valence-electron chi connectivity index (χ2n) is 5.50. The van der Waals surface area contributed by atoms with Crippen LogP contribution in [0.4, 0.5) is 4.39 Å². The molecule has 0 aliphatic heterocycles. The molecule has 2 aromatic rings. The maximum Gasteiger partial charge on any atom is 0.159 e. The number of hydrogen-bond donors (Lipinski definition) is 0. The molecule has 1 fully saturated rings. The summed E-state index contributed by atoms with van der Waals surface area (Å²) >= 11 is 0. The third-order valence-corrected chi connectivity index (χ3v) is 4.17. The van der Waals surface area contributed by atoms with Gasteiger partial charge in [-0.05, 0) is 55.0 Å². The van der Waals surface area contributed by atoms with Gasteiger partial charge in [-0.25, -0.2) is 4.39 Å². The number of Topliss-reactive ketones (excluding diaryl/α,β-unsaturated/α-hetero) is 1. The van der Waals surface area contributed by atoms with Gasteiger partial charge in [0.05, 0.1) is 0 Å². The maximum absolute atomic E-state index is 13.9. The predicted octanol–water partition coefficient (Wildman–Crippen LogP) is 4.96. The van der Waals surface area contributed by atoms with Crippen LogP contribution in [0.3, 0.4) is 0 Å². The second-order valence-corrected chi connectivity index (χ2v) is 5.50. The predicted molar refractivity (Wildman–Crippen MR) is 78.4 cm³/mol. The van der Waals surface area contributed by atoms with E-state index in [9.17, 15) is 9.18 Å². The molecule has 1 nitrogen and oxygen atoms in total. The molecular formula is C18H17FO. The Bertz CT molecular complexity index is 639. The third-order valence-electron chi connectivity index (χ3n) is 4.17. The molecule has 0 radical (unpaired) electrons. The number of benzene rings is 2. The van der Waals surface area contributed by atoms with E-state index < -0.39 is 0 Å². The summed E-state index contributed by atoms with van der Waals surface area (Å²) in [5, 5.41) is 0. The van der Waals surface area contributed by atoms with Crippen molar-refractivity contribution < 1.29 is 9.18 Å². The Balaban J connectivity index is 1.95. The summed E-state index contributed by atoms with van der Waals surface area (Å²) in [6.07, 6.45) is 3.82. The molecule has 2 heteroatoms. The lowest BCUT2D eigenvalue weighted by Crippen LogP contribution is -2.08. The molecule has 0 bridgehead atoms. The first-order chi connectivity index (χ1) is 9.65. The lowest BCUT2D eigenvalue weighted by atomic mass is 9.80. The van der Waals surface area contributed by atoms with Gasteiger partial charge in [-0.1, -0.05) is 30.7 Å². The highest BCUT2D eigenvalue weighted by atomic mass is 19.1. The van der Waals surface area contributed by atoms with Crippen LogP contribution in [0.5, 0.6) is 0 Å². The fraction of sp³-hybridized carbons (Fsp3) is 0.278. The Morgan fingerprint density at radius 2 is 1.80 bits per heavy atom. The van der Waals surface area contributed by atoms with E-state index in [4.69, 9.17) is 0 Å². The molecule has 0 aromatic heterocycles. The van der Waals surface area contributed by atoms with Gasteiger partial charge in [0.25, 0.3) is 0 Å². The molecule has 0 amide bonds. The van der Waals surface area contributed by atoms with E-state index in [-0.39, 0.29) is 11.6 Å². The number of carbonyl (C=O) groups excluding carboxylic acids is 1. The fourth-order valence-corrected chi connectivity index (χ4v) is 2.64. The van der Waals surface area contributed by atoms with Gasteiger partial charge >= 0.3 is 0 Å². The van der Waals surface area contributed by atoms with Crippen molar-refractivity contribution >= 4 is 5.78 Å². The molecule has 0 spiro atoms. The van der Waals surface area contributed by atoms with Gasteiger partial charge in [-0.2, -0.15) is 0 Å². The monoisotopic (exact) mass is 268 g/mol. The van der Waals surface area contributed by atoms with Crippen LogP contribution in [0.1, 0.15) is 48.0 Å². The summed E-state index contributed by atoms with van der Waals surface area (Å²) in [5.74, 6) is 0.348. The zero-order chi connectivity index (χ0) is 14.1. The van der Waals surface area contributed by atoms with Crippen molar-refractivity contribution in [3.8, 4) is 11.1 Å². The van der Waals surface area contributed by atoms with Crippen molar-refractivity contribution in [2.24, 2.45) is 0 Å². The van der Waals surface area contributed by atoms with E-state index in [0.717, 1.165) is 5.56 Å². The van der Waals surface area contributed by atoms with Gasteiger partial charge in [0.15, 0.2) is 5.78 Å². The van der Waals surface area contributed by atoms with Crippen LogP contribution in [0.25, 0.3) is 11.1 Å². The van der Waals surface area contributed by atoms with Crippen LogP contribution in [-0.4, -0.2) is 5.78 Å². The summed E-state index contributed by atoms with van der Waals surface area (Å²) in [4.78, 5) is 11.4. The summed E-state index contributed by atoms with van der Waals surface area (Å²) in [5.41, 5.74) is 3.21. The second kappa shape index (κ2) is 5.20. The Morgan fingerprint density at radius 3 is 2.35 bits per heavy atom. The average Bonchev–Trinajstić information content (AvgIpc) is 2.38. The lowest BCUT2D eigenvalue weighted by molar-refractivity contribution is 0.101. The molecule has 20 heavy (non-hydrogen) atoms. The van der Waals surface area contributed by atoms with Crippen LogP contribution < -0.4 is 0 Å². The van der Waals surface area contributed by atoms with Crippen molar-refractivity contribution in [3.05, 3.63) is 59.4 Å². The van der Waals surface area contributed by atoms with Crippen molar-refractivity contribution in [2.45, 2.75) is 32.1 Å². The largest absolute Gasteiger partial charge is 0.295 e. The number of halogens is 1. The van der Waals surface area contributed by atoms with Crippen molar-refractivity contribution in [1.29, 1.82) is 0 Å². The molecule has 0 unspecified atom stereocenters. The standard InChI is InChI=1S/C18H17FO/c1-12(20)16-9-10-18(19)17(11-16)15-7-5-14(6-8-15)13-3-2-4-13/h5-11,13H,2-4H2,1H3. The first-order valence-corrected chi connectivity index (χ1v) is 7.06. The minimum Gasteiger partial charge on any atom is -0.295 e. The molecule has 1 saturated carbocycles. The van der Waals surface area contributed by atoms with Crippen LogP contribution in [-0.2, 0) is 0 Å². The van der Waals surface area contributed by atoms with Gasteiger partial charge < -0.3 is 0 Å². The summed E-state index contributed by atoms with van der Waals surface area (Å²) in [6.45, 7) is 1.50. The number of carbonyl (C=O) groups is 1. The zero-order valence-electron chi connectivity index (χ0n) is 11.5. The maximum atomic E-state index is 13.9. The number of rotatable bonds is 3. The Kier molecular flexibility index (Phi) is 3.39. The zero-order valence-corrected chi connectivity index (χ0v) is 11.5. The summed E-state index contributed by atoms with van der Waals surface area (Å²) < 4.78 is 13.9. The average molecular weight is 268 g/mol. The smallest absolute Gasteiger partial charge is 0.159 e. The summed E-state index contributed by atoms with van der Waals surface area (Å²) in [7, 11) is 0. The highest BCUT2D eigenvalue weighted by Crippen LogP contribution is 2.37. The van der Waals surface area contributed by atoms with Gasteiger partial charge in [0, 0.05) is 11.1 Å². The molecule has 1 aliphatic rings. The van der Waals surface area contributed by atoms with Crippen LogP contribution in [0, 0.1) is 5.82 Å². The molecule has 0 heterocycles. The number of hydrogen-bond acceptors (Lipinski definition) is 1. The van der Waals surface area contributed by atoms with Crippen LogP contribution >= 0.6 is 0 Å². The molecular weight excluding hydrogens is 251 g/mol. The first kappa shape index (κ1) is 13.0. The highest BCUT2D eigenvalue weighted by molar-refractivity contribution is 5.95. The molecule has 2 aromatic carbocycles. The third kappa shape index (κ3) is 2.38. The first-order valence-electron chi connectivity index (χ1n) is 7.06. The molecule has 0 N–H and O–H groups in total. The minimum atomic E-state index is -0.286. The van der Waals surface area contributed by atoms with Crippen molar-refractivity contribution in [1.82, 2.24) is 0 Å².